The van der Waals surface area contributed by atoms with Gasteiger partial charge in [0.1, 0.15) is 22.4 Å². The largest absolute Gasteiger partial charge is 0.456 e. The van der Waals surface area contributed by atoms with Crippen LogP contribution in [0, 0.1) is 0 Å². The molecule has 0 atom stereocenters. The van der Waals surface area contributed by atoms with E-state index in [9.17, 15) is 0 Å². The zero-order valence-electron chi connectivity index (χ0n) is 61.6. The highest BCUT2D eigenvalue weighted by atomic mass is 79.9. The van der Waals surface area contributed by atoms with Crippen LogP contribution in [-0.2, 0) is 5.41 Å². The first kappa shape index (κ1) is 64.0. The van der Waals surface area contributed by atoms with Gasteiger partial charge in [-0.3, -0.25) is 4.98 Å². The van der Waals surface area contributed by atoms with Gasteiger partial charge in [0, 0.05) is 94.2 Å². The van der Waals surface area contributed by atoms with Gasteiger partial charge in [-0.25, -0.2) is 59.8 Å². The minimum Gasteiger partial charge on any atom is -0.456 e. The number of furan rings is 1. The standard InChI is InChI=1S/C29H21BrN2.C19H10BrN3O.C14H9BrN2.2C13H8BrN3/c1-29(2)24-16-19(12-14-21(24)22-15-13-20(30)17-25(22)29)28-31-26-11-7-6-10-23(26)27(32-28)18-8-4-3-5-9-18;20-19-22-14-5-3-9-21-18(14)17(23-19)11-7-8-16-13(10-11)12-4-1-2-6-15(12)24-16;15-14-16-12-9-5-4-8-11(12)13(17-14)10-6-2-1-3-7-10;2*14-13-16-11(9-5-2-1-3-6-9)10-7-4-8-15-12(10)17-13/h3-17H,1-2H3;1-10H;1-9H;2*1-8H/i;;1D,2D,3D,6D,7D;;. The molecule has 0 saturated carbocycles. The molecule has 0 unspecified atom stereocenters. The number of halogens is 5. The predicted molar refractivity (Wildman–Crippen MR) is 447 cm³/mol. The van der Waals surface area contributed by atoms with Gasteiger partial charge < -0.3 is 4.42 Å². The van der Waals surface area contributed by atoms with Crippen LogP contribution in [0.1, 0.15) is 31.8 Å². The number of hydrogen-bond acceptors (Lipinski definition) is 14. The number of benzene rings is 10. The zero-order valence-corrected chi connectivity index (χ0v) is 64.5. The molecule has 1 aliphatic carbocycles. The van der Waals surface area contributed by atoms with Crippen LogP contribution in [0.5, 0.6) is 0 Å². The van der Waals surface area contributed by atoms with Crippen LogP contribution in [0.4, 0.5) is 0 Å². The summed E-state index contributed by atoms with van der Waals surface area (Å²) in [6, 6.07) is 83.0. The number of fused-ring (bicyclic) bond motifs is 11. The number of nitrogens with zero attached hydrogens (tertiary/aromatic N) is 13. The van der Waals surface area contributed by atoms with E-state index in [-0.39, 0.29) is 35.1 Å². The van der Waals surface area contributed by atoms with Crippen LogP contribution in [0.2, 0.25) is 0 Å². The summed E-state index contributed by atoms with van der Waals surface area (Å²) in [5.41, 5.74) is 20.8. The number of pyridine rings is 3. The fraction of sp³-hybridized carbons (Fsp3) is 0.0341. The van der Waals surface area contributed by atoms with Gasteiger partial charge in [-0.15, -0.1) is 0 Å². The molecule has 514 valence electrons. The first-order valence-electron chi connectivity index (χ1n) is 36.1. The van der Waals surface area contributed by atoms with Crippen molar-refractivity contribution in [3.63, 3.8) is 0 Å². The summed E-state index contributed by atoms with van der Waals surface area (Å²) in [4.78, 5) is 57.8. The molecule has 0 amide bonds. The van der Waals surface area contributed by atoms with Crippen molar-refractivity contribution in [2.24, 2.45) is 0 Å². The van der Waals surface area contributed by atoms with Crippen molar-refractivity contribution >= 4 is 156 Å². The highest BCUT2D eigenvalue weighted by molar-refractivity contribution is 9.11. The van der Waals surface area contributed by atoms with E-state index in [1.54, 1.807) is 36.8 Å². The van der Waals surface area contributed by atoms with Crippen LogP contribution in [0.15, 0.2) is 331 Å². The number of rotatable bonds is 6. The molecule has 0 fully saturated rings. The Kier molecular flexibility index (Phi) is 18.5. The van der Waals surface area contributed by atoms with Gasteiger partial charge in [-0.05, 0) is 177 Å². The van der Waals surface area contributed by atoms with Gasteiger partial charge in [-0.1, -0.05) is 224 Å². The molecule has 107 heavy (non-hydrogen) atoms. The smallest absolute Gasteiger partial charge is 0.199 e. The Bertz CT molecular complexity index is 6710. The molecule has 0 bridgehead atoms. The predicted octanol–water partition coefficient (Wildman–Crippen LogP) is 24.4. The van der Waals surface area contributed by atoms with Crippen molar-refractivity contribution in [1.29, 1.82) is 0 Å². The highest BCUT2D eigenvalue weighted by Gasteiger charge is 2.36. The van der Waals surface area contributed by atoms with Crippen LogP contribution < -0.4 is 0 Å². The highest BCUT2D eigenvalue weighted by Crippen LogP contribution is 2.50. The van der Waals surface area contributed by atoms with Gasteiger partial charge in [0.2, 0.25) is 0 Å². The first-order valence-corrected chi connectivity index (χ1v) is 37.5. The Morgan fingerprint density at radius 2 is 0.748 bits per heavy atom. The molecule has 14 nitrogen and oxygen atoms in total. The van der Waals surface area contributed by atoms with E-state index in [0.29, 0.717) is 46.8 Å². The molecule has 19 heteroatoms. The average molecular weight is 1720 g/mol. The van der Waals surface area contributed by atoms with Crippen molar-refractivity contribution in [2.45, 2.75) is 19.3 Å². The van der Waals surface area contributed by atoms with Crippen LogP contribution in [0.3, 0.4) is 0 Å². The molecule has 9 aromatic heterocycles. The zero-order chi connectivity index (χ0) is 77.3. The summed E-state index contributed by atoms with van der Waals surface area (Å²) in [6.07, 6.45) is 5.22. The SMILES string of the molecule is Brc1nc(-c2ccc3oc4ccccc4c3c2)c2ncccc2n1.Brc1nc(-c2ccccc2)c2cccnc2n1.Brc1nc(-c2ccccc2)c2cccnc2n1.CC1(C)c2cc(Br)ccc2-c2ccc(-c3nc(-c4ccccc4)c4ccccc4n3)cc21.[2H]c1c([2H])c([2H])c(-c2nc(Br)nc3ccccc23)c([2H])c1[2H]. The lowest BCUT2D eigenvalue weighted by molar-refractivity contribution is 0.660. The van der Waals surface area contributed by atoms with Crippen molar-refractivity contribution < 1.29 is 11.3 Å². The van der Waals surface area contributed by atoms with Crippen molar-refractivity contribution in [3.05, 3.63) is 338 Å². The lowest BCUT2D eigenvalue weighted by Crippen LogP contribution is -2.15. The summed E-state index contributed by atoms with van der Waals surface area (Å²) in [5, 5.41) is 5.79. The molecule has 0 spiro atoms. The van der Waals surface area contributed by atoms with E-state index in [2.05, 4.69) is 233 Å². The van der Waals surface area contributed by atoms with Crippen LogP contribution in [0.25, 0.3) is 156 Å². The second-order valence-electron chi connectivity index (χ2n) is 24.9. The third-order valence-electron chi connectivity index (χ3n) is 17.9. The summed E-state index contributed by atoms with van der Waals surface area (Å²) in [5.74, 6) is 0.762. The fourth-order valence-corrected chi connectivity index (χ4v) is 14.8. The van der Waals surface area contributed by atoms with Gasteiger partial charge in [0.05, 0.1) is 46.2 Å². The van der Waals surface area contributed by atoms with Gasteiger partial charge in [0.15, 0.2) is 36.1 Å². The van der Waals surface area contributed by atoms with Crippen molar-refractivity contribution in [2.75, 3.05) is 0 Å². The lowest BCUT2D eigenvalue weighted by atomic mass is 9.82. The molecule has 19 aromatic rings. The maximum absolute atomic E-state index is 8.07. The van der Waals surface area contributed by atoms with Gasteiger partial charge in [0.25, 0.3) is 0 Å². The van der Waals surface area contributed by atoms with Crippen molar-refractivity contribution in [1.82, 2.24) is 64.8 Å². The summed E-state index contributed by atoms with van der Waals surface area (Å²) in [6.45, 7) is 4.59. The maximum atomic E-state index is 8.07. The Morgan fingerprint density at radius 1 is 0.308 bits per heavy atom. The summed E-state index contributed by atoms with van der Waals surface area (Å²) >= 11 is 16.9. The molecule has 10 aromatic carbocycles. The van der Waals surface area contributed by atoms with Gasteiger partial charge >= 0.3 is 0 Å². The minimum atomic E-state index is -0.420. The van der Waals surface area contributed by atoms with Crippen molar-refractivity contribution in [3.8, 4) is 78.8 Å². The number of hydrogen-bond donors (Lipinski definition) is 0. The normalized spacial score (nSPS) is 12.4. The monoisotopic (exact) mass is 1710 g/mol. The van der Waals surface area contributed by atoms with E-state index in [1.807, 2.05) is 152 Å². The topological polar surface area (TPSA) is 181 Å². The molecular formula is C88H56Br5N13O. The van der Waals surface area contributed by atoms with Crippen LogP contribution in [-0.4, -0.2) is 64.8 Å². The first-order chi connectivity index (χ1) is 54.4. The number of para-hydroxylation sites is 3. The third-order valence-corrected chi connectivity index (χ3v) is 19.8. The average Bonchev–Trinajstić information content (AvgIpc) is 1.53. The quantitative estimate of drug-likeness (QED) is 0.143. The number of aromatic nitrogens is 13. The Labute approximate surface area is 663 Å². The molecule has 0 aliphatic heterocycles. The fourth-order valence-electron chi connectivity index (χ4n) is 13.0. The second-order valence-corrected chi connectivity index (χ2v) is 28.7. The lowest BCUT2D eigenvalue weighted by Gasteiger charge is -2.22. The van der Waals surface area contributed by atoms with E-state index >= 15 is 0 Å². The molecular weight excluding hydrogens is 1650 g/mol. The third kappa shape index (κ3) is 14.8. The summed E-state index contributed by atoms with van der Waals surface area (Å²) < 4.78 is 48.4. The summed E-state index contributed by atoms with van der Waals surface area (Å²) in [7, 11) is 0. The van der Waals surface area contributed by atoms with Gasteiger partial charge in [-0.2, -0.15) is 0 Å². The molecule has 20 rings (SSSR count). The maximum Gasteiger partial charge on any atom is 0.199 e. The van der Waals surface area contributed by atoms with E-state index in [1.165, 1.54) is 22.3 Å². The van der Waals surface area contributed by atoms with Crippen LogP contribution >= 0.6 is 79.6 Å². The van der Waals surface area contributed by atoms with E-state index in [4.69, 9.17) is 21.2 Å². The Balaban J connectivity index is 0.000000108. The molecule has 9 heterocycles. The molecule has 0 radical (unpaired) electrons. The van der Waals surface area contributed by atoms with E-state index in [0.717, 1.165) is 116 Å². The molecule has 0 saturated heterocycles. The van der Waals surface area contributed by atoms with E-state index < -0.39 is 6.04 Å². The Morgan fingerprint density at radius 3 is 1.36 bits per heavy atom. The molecule has 1 aliphatic rings. The minimum absolute atomic E-state index is 0.0744. The Hall–Kier alpha value is -11.5. The second kappa shape index (κ2) is 30.9. The molecule has 0 N–H and O–H groups in total.